The molecule has 0 saturated heterocycles. The van der Waals surface area contributed by atoms with Gasteiger partial charge in [0.25, 0.3) is 0 Å². The number of hydrogen-bond donors (Lipinski definition) is 1. The third kappa shape index (κ3) is 2.17. The molecule has 2 atom stereocenters. The highest BCUT2D eigenvalue weighted by atomic mass is 14.9. The molecule has 108 valence electrons. The van der Waals surface area contributed by atoms with Crippen LogP contribution in [0.1, 0.15) is 78.1 Å². The lowest BCUT2D eigenvalue weighted by Gasteiger charge is -2.65. The minimum absolute atomic E-state index is 0.672. The van der Waals surface area contributed by atoms with E-state index in [1.54, 1.807) is 0 Å². The van der Waals surface area contributed by atoms with Gasteiger partial charge in [-0.3, -0.25) is 0 Å². The van der Waals surface area contributed by atoms with Crippen LogP contribution in [0.4, 0.5) is 0 Å². The van der Waals surface area contributed by atoms with Crippen molar-refractivity contribution in [2.75, 3.05) is 6.54 Å². The number of hydrogen-bond acceptors (Lipinski definition) is 1. The van der Waals surface area contributed by atoms with Gasteiger partial charge in [-0.2, -0.15) is 0 Å². The van der Waals surface area contributed by atoms with Crippen LogP contribution in [0.25, 0.3) is 0 Å². The van der Waals surface area contributed by atoms with Gasteiger partial charge in [0.15, 0.2) is 0 Å². The summed E-state index contributed by atoms with van der Waals surface area (Å²) in [6.45, 7) is 6.53. The second kappa shape index (κ2) is 4.00. The molecule has 0 aromatic carbocycles. The van der Waals surface area contributed by atoms with Crippen molar-refractivity contribution in [1.82, 2.24) is 5.32 Å². The molecule has 1 heteroatoms. The SMILES string of the molecule is CC12CC3CC(C)(C1)CC(CNC1CCCC1)(C3)C2. The highest BCUT2D eigenvalue weighted by Gasteiger charge is 2.59. The van der Waals surface area contributed by atoms with E-state index in [4.69, 9.17) is 0 Å². The predicted octanol–water partition coefficient (Wildman–Crippen LogP) is 4.52. The van der Waals surface area contributed by atoms with Gasteiger partial charge in [0.2, 0.25) is 0 Å². The zero-order valence-electron chi connectivity index (χ0n) is 12.9. The summed E-state index contributed by atoms with van der Waals surface area (Å²) in [6, 6.07) is 0.855. The molecule has 4 bridgehead atoms. The van der Waals surface area contributed by atoms with E-state index in [2.05, 4.69) is 19.2 Å². The molecular formula is C18H31N. The van der Waals surface area contributed by atoms with Gasteiger partial charge in [-0.15, -0.1) is 0 Å². The fourth-order valence-corrected chi connectivity index (χ4v) is 7.37. The van der Waals surface area contributed by atoms with Crippen LogP contribution < -0.4 is 5.32 Å². The Labute approximate surface area is 118 Å². The van der Waals surface area contributed by atoms with Gasteiger partial charge >= 0.3 is 0 Å². The molecule has 2 unspecified atom stereocenters. The zero-order valence-corrected chi connectivity index (χ0v) is 12.9. The molecular weight excluding hydrogens is 230 g/mol. The molecule has 0 spiro atoms. The largest absolute Gasteiger partial charge is 0.313 e. The predicted molar refractivity (Wildman–Crippen MR) is 80.1 cm³/mol. The average Bonchev–Trinajstić information content (AvgIpc) is 2.73. The van der Waals surface area contributed by atoms with E-state index in [-0.39, 0.29) is 0 Å². The minimum Gasteiger partial charge on any atom is -0.313 e. The van der Waals surface area contributed by atoms with E-state index in [1.807, 2.05) is 0 Å². The van der Waals surface area contributed by atoms with E-state index in [0.717, 1.165) is 12.0 Å². The van der Waals surface area contributed by atoms with E-state index in [0.29, 0.717) is 16.2 Å². The first-order valence-corrected chi connectivity index (χ1v) is 8.72. The van der Waals surface area contributed by atoms with Gasteiger partial charge in [0.1, 0.15) is 0 Å². The molecule has 0 radical (unpaired) electrons. The monoisotopic (exact) mass is 261 g/mol. The fraction of sp³-hybridized carbons (Fsp3) is 1.00. The van der Waals surface area contributed by atoms with Crippen LogP contribution in [0.3, 0.4) is 0 Å². The molecule has 0 aliphatic heterocycles. The second-order valence-electron chi connectivity index (χ2n) is 9.49. The van der Waals surface area contributed by atoms with E-state index in [1.165, 1.54) is 70.8 Å². The summed E-state index contributed by atoms with van der Waals surface area (Å²) in [5.74, 6) is 1.05. The Bertz CT molecular complexity index is 350. The van der Waals surface area contributed by atoms with Gasteiger partial charge in [-0.25, -0.2) is 0 Å². The first-order valence-electron chi connectivity index (χ1n) is 8.72. The summed E-state index contributed by atoms with van der Waals surface area (Å²) in [5.41, 5.74) is 2.04. The Kier molecular flexibility index (Phi) is 2.67. The maximum absolute atomic E-state index is 3.97. The third-order valence-corrected chi connectivity index (χ3v) is 6.86. The summed E-state index contributed by atoms with van der Waals surface area (Å²) in [6.07, 6.45) is 15.0. The van der Waals surface area contributed by atoms with Gasteiger partial charge in [-0.1, -0.05) is 26.7 Å². The quantitative estimate of drug-likeness (QED) is 0.788. The molecule has 0 heterocycles. The van der Waals surface area contributed by atoms with E-state index >= 15 is 0 Å². The maximum Gasteiger partial charge on any atom is 0.00672 e. The van der Waals surface area contributed by atoms with Crippen LogP contribution in [0, 0.1) is 22.2 Å². The van der Waals surface area contributed by atoms with Crippen LogP contribution in [-0.2, 0) is 0 Å². The summed E-state index contributed by atoms with van der Waals surface area (Å²) in [5, 5.41) is 3.97. The van der Waals surface area contributed by atoms with Crippen molar-refractivity contribution in [2.24, 2.45) is 22.2 Å². The van der Waals surface area contributed by atoms with Gasteiger partial charge in [0.05, 0.1) is 0 Å². The van der Waals surface area contributed by atoms with Gasteiger partial charge in [-0.05, 0) is 73.5 Å². The molecule has 5 aliphatic carbocycles. The highest BCUT2D eigenvalue weighted by molar-refractivity contribution is 5.11. The number of nitrogens with one attached hydrogen (secondary N) is 1. The van der Waals surface area contributed by atoms with E-state index < -0.39 is 0 Å². The Balaban J connectivity index is 1.50. The fourth-order valence-electron chi connectivity index (χ4n) is 7.37. The van der Waals surface area contributed by atoms with Crippen molar-refractivity contribution in [1.29, 1.82) is 0 Å². The van der Waals surface area contributed by atoms with Crippen LogP contribution in [-0.4, -0.2) is 12.6 Å². The molecule has 1 N–H and O–H groups in total. The summed E-state index contributed by atoms with van der Waals surface area (Å²) >= 11 is 0. The van der Waals surface area contributed by atoms with E-state index in [9.17, 15) is 0 Å². The first-order chi connectivity index (χ1) is 8.99. The Morgan fingerprint density at radius 2 is 1.53 bits per heavy atom. The van der Waals surface area contributed by atoms with Gasteiger partial charge in [0, 0.05) is 12.6 Å². The third-order valence-electron chi connectivity index (χ3n) is 6.86. The van der Waals surface area contributed by atoms with Gasteiger partial charge < -0.3 is 5.32 Å². The van der Waals surface area contributed by atoms with Crippen molar-refractivity contribution in [2.45, 2.75) is 84.1 Å². The molecule has 1 nitrogen and oxygen atoms in total. The highest BCUT2D eigenvalue weighted by Crippen LogP contribution is 2.69. The van der Waals surface area contributed by atoms with Crippen LogP contribution in [0.5, 0.6) is 0 Å². The summed E-state index contributed by atoms with van der Waals surface area (Å²) in [7, 11) is 0. The summed E-state index contributed by atoms with van der Waals surface area (Å²) < 4.78 is 0. The first kappa shape index (κ1) is 12.7. The van der Waals surface area contributed by atoms with Crippen LogP contribution in [0.2, 0.25) is 0 Å². The lowest BCUT2D eigenvalue weighted by molar-refractivity contribution is -0.143. The molecule has 0 amide bonds. The Hall–Kier alpha value is -0.0400. The molecule has 0 aromatic heterocycles. The lowest BCUT2D eigenvalue weighted by atomic mass is 9.40. The van der Waals surface area contributed by atoms with Crippen molar-refractivity contribution < 1.29 is 0 Å². The maximum atomic E-state index is 3.97. The molecule has 5 rings (SSSR count). The topological polar surface area (TPSA) is 12.0 Å². The average molecular weight is 261 g/mol. The number of rotatable bonds is 3. The molecule has 5 saturated carbocycles. The van der Waals surface area contributed by atoms with Crippen LogP contribution in [0.15, 0.2) is 0 Å². The second-order valence-corrected chi connectivity index (χ2v) is 9.49. The van der Waals surface area contributed by atoms with Crippen LogP contribution >= 0.6 is 0 Å². The lowest BCUT2D eigenvalue weighted by Crippen LogP contribution is -2.58. The van der Waals surface area contributed by atoms with Crippen molar-refractivity contribution in [3.05, 3.63) is 0 Å². The Morgan fingerprint density at radius 3 is 2.11 bits per heavy atom. The molecule has 0 aromatic rings. The van der Waals surface area contributed by atoms with Crippen molar-refractivity contribution in [3.63, 3.8) is 0 Å². The standard InChI is InChI=1S/C18H31N/c1-16-7-14-8-17(2,10-16)12-18(9-14,11-16)13-19-15-5-3-4-6-15/h14-15,19H,3-13H2,1-2H3. The minimum atomic E-state index is 0.672. The molecule has 19 heavy (non-hydrogen) atoms. The smallest absolute Gasteiger partial charge is 0.00672 e. The van der Waals surface area contributed by atoms with Crippen molar-refractivity contribution in [3.8, 4) is 0 Å². The zero-order chi connectivity index (χ0) is 13.1. The Morgan fingerprint density at radius 1 is 0.895 bits per heavy atom. The summed E-state index contributed by atoms with van der Waals surface area (Å²) in [4.78, 5) is 0. The molecule has 5 fully saturated rings. The molecule has 5 aliphatic rings. The van der Waals surface area contributed by atoms with Crippen molar-refractivity contribution >= 4 is 0 Å². The normalized spacial score (nSPS) is 53.1.